The Balaban J connectivity index is 1.89. The van der Waals surface area contributed by atoms with Crippen LogP contribution in [0.5, 0.6) is 0 Å². The Morgan fingerprint density at radius 1 is 1.06 bits per heavy atom. The van der Waals surface area contributed by atoms with E-state index in [0.29, 0.717) is 0 Å². The van der Waals surface area contributed by atoms with E-state index in [1.807, 2.05) is 0 Å². The molecule has 0 amide bonds. The van der Waals surface area contributed by atoms with Crippen LogP contribution in [-0.2, 0) is 13.0 Å². The summed E-state index contributed by atoms with van der Waals surface area (Å²) in [5.41, 5.74) is 4.32. The van der Waals surface area contributed by atoms with Crippen LogP contribution < -0.4 is 4.90 Å². The lowest BCUT2D eigenvalue weighted by Crippen LogP contribution is -2.28. The van der Waals surface area contributed by atoms with Gasteiger partial charge in [0.2, 0.25) is 0 Å². The highest BCUT2D eigenvalue weighted by molar-refractivity contribution is 14.1. The fourth-order valence-electron chi connectivity index (χ4n) is 2.59. The molecule has 1 aliphatic rings. The summed E-state index contributed by atoms with van der Waals surface area (Å²) in [6.07, 6.45) is 2.48. The van der Waals surface area contributed by atoms with Crippen LogP contribution in [0.15, 0.2) is 48.5 Å². The number of hydrogen-bond acceptors (Lipinski definition) is 1. The third-order valence-corrected chi connectivity index (χ3v) is 4.15. The lowest BCUT2D eigenvalue weighted by molar-refractivity contribution is 0.691. The van der Waals surface area contributed by atoms with Crippen molar-refractivity contribution in [3.05, 3.63) is 63.2 Å². The lowest BCUT2D eigenvalue weighted by atomic mass is 10.0. The highest BCUT2D eigenvalue weighted by Gasteiger charge is 2.16. The minimum atomic E-state index is 1.02. The smallest absolute Gasteiger partial charge is 0.0429 e. The van der Waals surface area contributed by atoms with Gasteiger partial charge in [0, 0.05) is 22.3 Å². The molecule has 0 radical (unpaired) electrons. The van der Waals surface area contributed by atoms with E-state index in [2.05, 4.69) is 76.0 Å². The highest BCUT2D eigenvalue weighted by Crippen LogP contribution is 2.29. The maximum Gasteiger partial charge on any atom is 0.0429 e. The van der Waals surface area contributed by atoms with Gasteiger partial charge in [0.15, 0.2) is 0 Å². The minimum absolute atomic E-state index is 1.02. The van der Waals surface area contributed by atoms with Gasteiger partial charge in [-0.15, -0.1) is 0 Å². The van der Waals surface area contributed by atoms with Crippen molar-refractivity contribution >= 4 is 28.3 Å². The molecule has 0 N–H and O–H groups in total. The molecular formula is C16H16IN. The molecule has 3 rings (SSSR count). The first-order valence-electron chi connectivity index (χ1n) is 6.40. The second-order valence-corrected chi connectivity index (χ2v) is 6.03. The van der Waals surface area contributed by atoms with Crippen LogP contribution in [0.2, 0.25) is 0 Å². The van der Waals surface area contributed by atoms with Crippen LogP contribution in [-0.4, -0.2) is 6.54 Å². The number of rotatable bonds is 2. The summed E-state index contributed by atoms with van der Waals surface area (Å²) >= 11 is 2.40. The van der Waals surface area contributed by atoms with Crippen molar-refractivity contribution < 1.29 is 0 Å². The fourth-order valence-corrected chi connectivity index (χ4v) is 3.07. The second-order valence-electron chi connectivity index (χ2n) is 4.78. The van der Waals surface area contributed by atoms with E-state index in [9.17, 15) is 0 Å². The first kappa shape index (κ1) is 12.0. The van der Waals surface area contributed by atoms with Crippen LogP contribution in [0.1, 0.15) is 17.5 Å². The largest absolute Gasteiger partial charge is 0.367 e. The molecule has 18 heavy (non-hydrogen) atoms. The van der Waals surface area contributed by atoms with Crippen LogP contribution in [0.3, 0.4) is 0 Å². The van der Waals surface area contributed by atoms with E-state index in [1.165, 1.54) is 39.8 Å². The molecule has 1 nitrogen and oxygen atoms in total. The average Bonchev–Trinajstić information content (AvgIpc) is 2.41. The van der Waals surface area contributed by atoms with Gasteiger partial charge in [-0.25, -0.2) is 0 Å². The van der Waals surface area contributed by atoms with Gasteiger partial charge in [-0.05, 0) is 58.7 Å². The molecule has 1 heterocycles. The Morgan fingerprint density at radius 3 is 2.72 bits per heavy atom. The topological polar surface area (TPSA) is 3.24 Å². The van der Waals surface area contributed by atoms with E-state index in [1.54, 1.807) is 0 Å². The Hall–Kier alpha value is -1.03. The summed E-state index contributed by atoms with van der Waals surface area (Å²) in [7, 11) is 0. The molecular weight excluding hydrogens is 333 g/mol. The molecule has 0 aliphatic carbocycles. The molecule has 0 saturated heterocycles. The zero-order chi connectivity index (χ0) is 12.4. The molecule has 2 heteroatoms. The maximum absolute atomic E-state index is 2.51. The van der Waals surface area contributed by atoms with Crippen LogP contribution in [0, 0.1) is 3.57 Å². The van der Waals surface area contributed by atoms with Crippen LogP contribution >= 0.6 is 22.6 Å². The van der Waals surface area contributed by atoms with Crippen molar-refractivity contribution in [1.29, 1.82) is 0 Å². The summed E-state index contributed by atoms with van der Waals surface area (Å²) in [4.78, 5) is 2.51. The Kier molecular flexibility index (Phi) is 3.55. The van der Waals surface area contributed by atoms with Crippen molar-refractivity contribution in [3.8, 4) is 0 Å². The second kappa shape index (κ2) is 5.31. The Morgan fingerprint density at radius 2 is 1.89 bits per heavy atom. The first-order chi connectivity index (χ1) is 8.83. The lowest BCUT2D eigenvalue weighted by Gasteiger charge is -2.31. The van der Waals surface area contributed by atoms with Gasteiger partial charge in [-0.2, -0.15) is 0 Å². The monoisotopic (exact) mass is 349 g/mol. The number of benzene rings is 2. The van der Waals surface area contributed by atoms with E-state index in [0.717, 1.165) is 6.54 Å². The molecule has 2 aromatic carbocycles. The third-order valence-electron chi connectivity index (χ3n) is 3.48. The van der Waals surface area contributed by atoms with Crippen molar-refractivity contribution in [2.75, 3.05) is 11.4 Å². The molecule has 0 fully saturated rings. The number of halogens is 1. The number of aryl methyl sites for hydroxylation is 1. The number of anilines is 1. The van der Waals surface area contributed by atoms with Gasteiger partial charge in [-0.1, -0.05) is 36.4 Å². The van der Waals surface area contributed by atoms with Crippen LogP contribution in [0.25, 0.3) is 0 Å². The van der Waals surface area contributed by atoms with Gasteiger partial charge in [-0.3, -0.25) is 0 Å². The number of nitrogens with zero attached hydrogens (tertiary/aromatic N) is 1. The van der Waals surface area contributed by atoms with E-state index in [-0.39, 0.29) is 0 Å². The van der Waals surface area contributed by atoms with Crippen molar-refractivity contribution in [2.45, 2.75) is 19.4 Å². The van der Waals surface area contributed by atoms with Crippen LogP contribution in [0.4, 0.5) is 5.69 Å². The summed E-state index contributed by atoms with van der Waals surface area (Å²) in [5, 5.41) is 0. The molecule has 0 spiro atoms. The summed E-state index contributed by atoms with van der Waals surface area (Å²) in [5.74, 6) is 0. The molecule has 0 atom stereocenters. The van der Waals surface area contributed by atoms with Gasteiger partial charge in [0.1, 0.15) is 0 Å². The summed E-state index contributed by atoms with van der Waals surface area (Å²) < 4.78 is 1.33. The van der Waals surface area contributed by atoms with Gasteiger partial charge < -0.3 is 4.90 Å². The Labute approximate surface area is 122 Å². The molecule has 0 unspecified atom stereocenters. The minimum Gasteiger partial charge on any atom is -0.367 e. The zero-order valence-corrected chi connectivity index (χ0v) is 12.4. The van der Waals surface area contributed by atoms with E-state index >= 15 is 0 Å². The van der Waals surface area contributed by atoms with Crippen molar-refractivity contribution in [1.82, 2.24) is 0 Å². The predicted molar refractivity (Wildman–Crippen MR) is 85.0 cm³/mol. The molecule has 1 aliphatic heterocycles. The van der Waals surface area contributed by atoms with E-state index in [4.69, 9.17) is 0 Å². The summed E-state index contributed by atoms with van der Waals surface area (Å²) in [6, 6.07) is 17.6. The normalized spacial score (nSPS) is 14.4. The molecule has 0 aromatic heterocycles. The average molecular weight is 349 g/mol. The Bertz CT molecular complexity index is 536. The highest BCUT2D eigenvalue weighted by atomic mass is 127. The van der Waals surface area contributed by atoms with Gasteiger partial charge in [0.05, 0.1) is 0 Å². The number of fused-ring (bicyclic) bond motifs is 1. The van der Waals surface area contributed by atoms with Gasteiger partial charge in [0.25, 0.3) is 0 Å². The molecule has 0 bridgehead atoms. The summed E-state index contributed by atoms with van der Waals surface area (Å²) in [6.45, 7) is 2.19. The van der Waals surface area contributed by atoms with E-state index < -0.39 is 0 Å². The maximum atomic E-state index is 2.51. The quantitative estimate of drug-likeness (QED) is 0.733. The predicted octanol–water partition coefficient (Wildman–Crippen LogP) is 4.24. The molecule has 0 saturated carbocycles. The molecule has 2 aromatic rings. The van der Waals surface area contributed by atoms with Crippen molar-refractivity contribution in [3.63, 3.8) is 0 Å². The molecule has 92 valence electrons. The standard InChI is InChI=1S/C16H16IN/c17-15-9-8-14-7-4-10-18(16(14)11-15)12-13-5-2-1-3-6-13/h1-3,5-6,8-9,11H,4,7,10,12H2. The van der Waals surface area contributed by atoms with Gasteiger partial charge >= 0.3 is 0 Å². The fraction of sp³-hybridized carbons (Fsp3) is 0.250. The third kappa shape index (κ3) is 2.53. The zero-order valence-electron chi connectivity index (χ0n) is 10.3. The SMILES string of the molecule is Ic1ccc2c(c1)N(Cc1ccccc1)CCC2. The first-order valence-corrected chi connectivity index (χ1v) is 7.48. The number of hydrogen-bond donors (Lipinski definition) is 0. The van der Waals surface area contributed by atoms with Crippen molar-refractivity contribution in [2.24, 2.45) is 0 Å².